The molecule has 28 heavy (non-hydrogen) atoms. The second-order valence-corrected chi connectivity index (χ2v) is 7.41. The number of benzene rings is 2. The van der Waals surface area contributed by atoms with Gasteiger partial charge in [-0.3, -0.25) is 0 Å². The molecule has 1 heterocycles. The van der Waals surface area contributed by atoms with E-state index in [-0.39, 0.29) is 6.61 Å². The first-order valence-electron chi connectivity index (χ1n) is 8.92. The summed E-state index contributed by atoms with van der Waals surface area (Å²) in [4.78, 5) is 12.0. The van der Waals surface area contributed by atoms with E-state index in [0.29, 0.717) is 33.0 Å². The van der Waals surface area contributed by atoms with Crippen LogP contribution in [0.1, 0.15) is 36.7 Å². The highest BCUT2D eigenvalue weighted by atomic mass is 35.5. The number of carbonyl (C=O) groups is 1. The van der Waals surface area contributed by atoms with Gasteiger partial charge in [0.25, 0.3) is 0 Å². The van der Waals surface area contributed by atoms with Crippen molar-refractivity contribution >= 4 is 35.2 Å². The Morgan fingerprint density at radius 3 is 2.54 bits per heavy atom. The molecule has 0 radical (unpaired) electrons. The van der Waals surface area contributed by atoms with Gasteiger partial charge in [0.1, 0.15) is 18.1 Å². The highest BCUT2D eigenvalue weighted by Gasteiger charge is 2.11. The smallest absolute Gasteiger partial charge is 0.331 e. The van der Waals surface area contributed by atoms with Crippen molar-refractivity contribution in [1.82, 2.24) is 0 Å². The van der Waals surface area contributed by atoms with Gasteiger partial charge in [0.15, 0.2) is 0 Å². The number of hydrogen-bond donors (Lipinski definition) is 0. The number of furan rings is 1. The van der Waals surface area contributed by atoms with Crippen LogP contribution in [0.4, 0.5) is 0 Å². The molecule has 5 heteroatoms. The van der Waals surface area contributed by atoms with Crippen LogP contribution in [0, 0.1) is 0 Å². The molecule has 0 unspecified atom stereocenters. The van der Waals surface area contributed by atoms with Crippen molar-refractivity contribution in [3.8, 4) is 11.3 Å². The molecule has 0 aliphatic heterocycles. The Hall–Kier alpha value is -2.49. The van der Waals surface area contributed by atoms with Gasteiger partial charge in [0.2, 0.25) is 0 Å². The Balaban J connectivity index is 1.58. The van der Waals surface area contributed by atoms with Crippen molar-refractivity contribution in [3.63, 3.8) is 0 Å². The Bertz CT molecular complexity index is 985. The van der Waals surface area contributed by atoms with E-state index in [1.807, 2.05) is 18.2 Å². The third kappa shape index (κ3) is 5.06. The molecule has 0 fully saturated rings. The highest BCUT2D eigenvalue weighted by Crippen LogP contribution is 2.34. The van der Waals surface area contributed by atoms with E-state index in [1.54, 1.807) is 30.3 Å². The van der Waals surface area contributed by atoms with Gasteiger partial charge in [0, 0.05) is 11.6 Å². The molecule has 144 valence electrons. The molecule has 0 aliphatic rings. The number of carbonyl (C=O) groups excluding carboxylic acids is 1. The minimum atomic E-state index is -0.438. The predicted molar refractivity (Wildman–Crippen MR) is 114 cm³/mol. The molecule has 3 rings (SSSR count). The van der Waals surface area contributed by atoms with Crippen LogP contribution in [0.25, 0.3) is 17.4 Å². The van der Waals surface area contributed by atoms with Crippen LogP contribution in [0.3, 0.4) is 0 Å². The van der Waals surface area contributed by atoms with Gasteiger partial charge in [-0.2, -0.15) is 0 Å². The SMILES string of the molecule is CC(C)c1ccc(C=CC(=O)OCc2ccc(-c3cccc(Cl)c3Cl)o2)cc1. The van der Waals surface area contributed by atoms with Crippen LogP contribution in [-0.4, -0.2) is 5.97 Å². The molecule has 0 amide bonds. The maximum absolute atomic E-state index is 12.0. The molecule has 0 aliphatic carbocycles. The van der Waals surface area contributed by atoms with Gasteiger partial charge in [0.05, 0.1) is 10.0 Å². The second kappa shape index (κ2) is 9.13. The molecule has 1 aromatic heterocycles. The van der Waals surface area contributed by atoms with E-state index in [0.717, 1.165) is 5.56 Å². The lowest BCUT2D eigenvalue weighted by atomic mass is 10.0. The first-order valence-corrected chi connectivity index (χ1v) is 9.67. The summed E-state index contributed by atoms with van der Waals surface area (Å²) in [5.41, 5.74) is 2.89. The van der Waals surface area contributed by atoms with Gasteiger partial charge < -0.3 is 9.15 Å². The first-order chi connectivity index (χ1) is 13.4. The Morgan fingerprint density at radius 2 is 1.82 bits per heavy atom. The normalized spacial score (nSPS) is 11.3. The van der Waals surface area contributed by atoms with Crippen LogP contribution in [-0.2, 0) is 16.1 Å². The first kappa shape index (κ1) is 20.2. The summed E-state index contributed by atoms with van der Waals surface area (Å²) in [6, 6.07) is 16.9. The summed E-state index contributed by atoms with van der Waals surface area (Å²) in [7, 11) is 0. The Kier molecular flexibility index (Phi) is 6.61. The lowest BCUT2D eigenvalue weighted by Gasteiger charge is -2.04. The third-order valence-electron chi connectivity index (χ3n) is 4.25. The standard InChI is InChI=1S/C23H20Cl2O3/c1-15(2)17-9-6-16(7-10-17)8-13-22(26)27-14-18-11-12-21(28-18)19-4-3-5-20(24)23(19)25/h3-13,15H,14H2,1-2H3. The van der Waals surface area contributed by atoms with Crippen molar-refractivity contribution in [2.24, 2.45) is 0 Å². The maximum atomic E-state index is 12.0. The monoisotopic (exact) mass is 414 g/mol. The van der Waals surface area contributed by atoms with E-state index in [2.05, 4.69) is 26.0 Å². The van der Waals surface area contributed by atoms with Gasteiger partial charge in [-0.25, -0.2) is 4.79 Å². The Labute approximate surface area is 174 Å². The molecule has 0 bridgehead atoms. The van der Waals surface area contributed by atoms with Gasteiger partial charge in [-0.05, 0) is 47.4 Å². The maximum Gasteiger partial charge on any atom is 0.331 e. The minimum Gasteiger partial charge on any atom is -0.457 e. The highest BCUT2D eigenvalue weighted by molar-refractivity contribution is 6.43. The van der Waals surface area contributed by atoms with Crippen molar-refractivity contribution in [2.75, 3.05) is 0 Å². The summed E-state index contributed by atoms with van der Waals surface area (Å²) in [6.07, 6.45) is 3.13. The lowest BCUT2D eigenvalue weighted by molar-refractivity contribution is -0.139. The van der Waals surface area contributed by atoms with Crippen molar-refractivity contribution < 1.29 is 13.9 Å². The third-order valence-corrected chi connectivity index (χ3v) is 5.07. The summed E-state index contributed by atoms with van der Waals surface area (Å²) < 4.78 is 10.9. The van der Waals surface area contributed by atoms with Crippen molar-refractivity contribution in [1.29, 1.82) is 0 Å². The topological polar surface area (TPSA) is 39.4 Å². The largest absolute Gasteiger partial charge is 0.457 e. The van der Waals surface area contributed by atoms with Crippen molar-refractivity contribution in [2.45, 2.75) is 26.4 Å². The van der Waals surface area contributed by atoms with E-state index in [1.165, 1.54) is 11.6 Å². The van der Waals surface area contributed by atoms with Crippen LogP contribution in [0.2, 0.25) is 10.0 Å². The predicted octanol–water partition coefficient (Wildman–Crippen LogP) is 7.13. The number of esters is 1. The fraction of sp³-hybridized carbons (Fsp3) is 0.174. The lowest BCUT2D eigenvalue weighted by Crippen LogP contribution is -1.99. The van der Waals surface area contributed by atoms with Crippen molar-refractivity contribution in [3.05, 3.63) is 87.6 Å². The number of hydrogen-bond acceptors (Lipinski definition) is 3. The summed E-state index contributed by atoms with van der Waals surface area (Å²) in [6.45, 7) is 4.32. The van der Waals surface area contributed by atoms with Crippen LogP contribution in [0.15, 0.2) is 65.1 Å². The molecule has 0 saturated heterocycles. The zero-order valence-corrected chi connectivity index (χ0v) is 17.1. The molecule has 2 aromatic carbocycles. The number of rotatable bonds is 6. The van der Waals surface area contributed by atoms with E-state index >= 15 is 0 Å². The van der Waals surface area contributed by atoms with E-state index in [9.17, 15) is 4.79 Å². The fourth-order valence-electron chi connectivity index (χ4n) is 2.64. The molecule has 3 nitrogen and oxygen atoms in total. The molecular formula is C23H20Cl2O3. The average molecular weight is 415 g/mol. The molecule has 0 saturated carbocycles. The fourth-order valence-corrected chi connectivity index (χ4v) is 3.03. The van der Waals surface area contributed by atoms with Gasteiger partial charge >= 0.3 is 5.97 Å². The van der Waals surface area contributed by atoms with E-state index < -0.39 is 5.97 Å². The summed E-state index contributed by atoms with van der Waals surface area (Å²) in [5, 5.41) is 0.878. The summed E-state index contributed by atoms with van der Waals surface area (Å²) >= 11 is 12.2. The molecular weight excluding hydrogens is 395 g/mol. The quantitative estimate of drug-likeness (QED) is 0.317. The Morgan fingerprint density at radius 1 is 1.07 bits per heavy atom. The number of halogens is 2. The zero-order valence-electron chi connectivity index (χ0n) is 15.6. The second-order valence-electron chi connectivity index (χ2n) is 6.63. The van der Waals surface area contributed by atoms with Crippen LogP contribution >= 0.6 is 23.2 Å². The molecule has 0 N–H and O–H groups in total. The van der Waals surface area contributed by atoms with Crippen LogP contribution in [0.5, 0.6) is 0 Å². The number of ether oxygens (including phenoxy) is 1. The van der Waals surface area contributed by atoms with E-state index in [4.69, 9.17) is 32.4 Å². The van der Waals surface area contributed by atoms with Gasteiger partial charge in [-0.1, -0.05) is 67.4 Å². The zero-order chi connectivity index (χ0) is 20.1. The summed E-state index contributed by atoms with van der Waals surface area (Å²) in [5.74, 6) is 1.13. The van der Waals surface area contributed by atoms with Gasteiger partial charge in [-0.15, -0.1) is 0 Å². The molecule has 0 spiro atoms. The molecule has 3 aromatic rings. The molecule has 0 atom stereocenters. The van der Waals surface area contributed by atoms with Crippen LogP contribution < -0.4 is 0 Å². The average Bonchev–Trinajstić information content (AvgIpc) is 3.16. The minimum absolute atomic E-state index is 0.0354.